The molecule has 9 nitrogen and oxygen atoms in total. The van der Waals surface area contributed by atoms with E-state index >= 15 is 0 Å². The van der Waals surface area contributed by atoms with Gasteiger partial charge in [-0.05, 0) is 25.0 Å². The van der Waals surface area contributed by atoms with Crippen LogP contribution in [-0.4, -0.2) is 52.8 Å². The van der Waals surface area contributed by atoms with Gasteiger partial charge in [-0.25, -0.2) is 27.8 Å². The van der Waals surface area contributed by atoms with Gasteiger partial charge in [0, 0.05) is 31.2 Å². The van der Waals surface area contributed by atoms with Crippen LogP contribution < -0.4 is 9.62 Å². The van der Waals surface area contributed by atoms with Crippen LogP contribution in [-0.2, 0) is 16.6 Å². The summed E-state index contributed by atoms with van der Waals surface area (Å²) in [5.74, 6) is 0.895. The van der Waals surface area contributed by atoms with Crippen molar-refractivity contribution in [3.8, 4) is 0 Å². The van der Waals surface area contributed by atoms with Gasteiger partial charge in [0.2, 0.25) is 10.0 Å². The molecule has 0 atom stereocenters. The van der Waals surface area contributed by atoms with Crippen LogP contribution in [0.25, 0.3) is 21.9 Å². The molecule has 0 unspecified atom stereocenters. The molecule has 154 valence electrons. The molecular formula is C20H21N7O2S. The number of fused-ring (bicyclic) bond motifs is 2. The van der Waals surface area contributed by atoms with Crippen LogP contribution in [0, 0.1) is 0 Å². The molecule has 0 amide bonds. The van der Waals surface area contributed by atoms with Crippen LogP contribution in [0.1, 0.15) is 12.8 Å². The van der Waals surface area contributed by atoms with E-state index in [1.807, 2.05) is 12.1 Å². The van der Waals surface area contributed by atoms with E-state index in [2.05, 4.69) is 29.7 Å². The van der Waals surface area contributed by atoms with Crippen molar-refractivity contribution in [1.29, 1.82) is 0 Å². The molecule has 3 aromatic heterocycles. The first-order valence-electron chi connectivity index (χ1n) is 9.88. The van der Waals surface area contributed by atoms with Crippen molar-refractivity contribution in [1.82, 2.24) is 29.5 Å². The fraction of sp³-hybridized carbons (Fsp3) is 0.300. The highest BCUT2D eigenvalue weighted by molar-refractivity contribution is 7.89. The lowest BCUT2D eigenvalue weighted by Gasteiger charge is -2.16. The van der Waals surface area contributed by atoms with Crippen molar-refractivity contribution < 1.29 is 8.42 Å². The maximum absolute atomic E-state index is 12.9. The van der Waals surface area contributed by atoms with E-state index in [0.717, 1.165) is 42.5 Å². The summed E-state index contributed by atoms with van der Waals surface area (Å²) in [7, 11) is -3.71. The molecule has 0 saturated carbocycles. The van der Waals surface area contributed by atoms with Gasteiger partial charge in [0.25, 0.3) is 0 Å². The van der Waals surface area contributed by atoms with E-state index in [0.29, 0.717) is 17.7 Å². The van der Waals surface area contributed by atoms with Crippen molar-refractivity contribution in [3.63, 3.8) is 0 Å². The molecule has 4 aromatic rings. The Morgan fingerprint density at radius 2 is 1.87 bits per heavy atom. The Morgan fingerprint density at radius 1 is 1.03 bits per heavy atom. The first kappa shape index (κ1) is 18.9. The first-order chi connectivity index (χ1) is 14.6. The normalized spacial score (nSPS) is 14.7. The summed E-state index contributed by atoms with van der Waals surface area (Å²) in [5.41, 5.74) is 1.16. The van der Waals surface area contributed by atoms with Crippen LogP contribution in [0.4, 0.5) is 5.82 Å². The molecule has 4 heterocycles. The third-order valence-electron chi connectivity index (χ3n) is 5.32. The molecule has 0 spiro atoms. The van der Waals surface area contributed by atoms with Crippen molar-refractivity contribution in [3.05, 3.63) is 49.1 Å². The van der Waals surface area contributed by atoms with Crippen molar-refractivity contribution >= 4 is 37.8 Å². The number of hydrogen-bond donors (Lipinski definition) is 1. The summed E-state index contributed by atoms with van der Waals surface area (Å²) >= 11 is 0. The minimum Gasteiger partial charge on any atom is -0.356 e. The molecule has 1 aliphatic heterocycles. The number of para-hydroxylation sites is 1. The predicted octanol–water partition coefficient (Wildman–Crippen LogP) is 1.95. The average Bonchev–Trinajstić information content (AvgIpc) is 3.43. The van der Waals surface area contributed by atoms with E-state index in [9.17, 15) is 8.42 Å². The molecule has 30 heavy (non-hydrogen) atoms. The predicted molar refractivity (Wildman–Crippen MR) is 114 cm³/mol. The van der Waals surface area contributed by atoms with Crippen LogP contribution in [0.15, 0.2) is 53.9 Å². The fourth-order valence-electron chi connectivity index (χ4n) is 3.88. The monoisotopic (exact) mass is 423 g/mol. The number of sulfonamides is 1. The van der Waals surface area contributed by atoms with E-state index in [1.165, 1.54) is 0 Å². The molecule has 0 aliphatic carbocycles. The van der Waals surface area contributed by atoms with Crippen molar-refractivity contribution in [2.45, 2.75) is 24.3 Å². The fourth-order valence-corrected chi connectivity index (χ4v) is 5.08. The summed E-state index contributed by atoms with van der Waals surface area (Å²) < 4.78 is 30.1. The summed E-state index contributed by atoms with van der Waals surface area (Å²) in [4.78, 5) is 15.4. The summed E-state index contributed by atoms with van der Waals surface area (Å²) in [6, 6.07) is 8.75. The van der Waals surface area contributed by atoms with Gasteiger partial charge in [0.05, 0.1) is 23.6 Å². The van der Waals surface area contributed by atoms with Crippen LogP contribution in [0.2, 0.25) is 0 Å². The van der Waals surface area contributed by atoms with Crippen LogP contribution in [0.5, 0.6) is 0 Å². The number of rotatable bonds is 6. The molecule has 1 N–H and O–H groups in total. The third kappa shape index (κ3) is 3.37. The SMILES string of the molecule is O=S(=O)(NCCn1ncc2c(N3CCCC3)ncnc21)c1cccc2cccnc12. The Balaban J connectivity index is 1.35. The molecule has 5 rings (SSSR count). The van der Waals surface area contributed by atoms with Gasteiger partial charge in [-0.2, -0.15) is 5.10 Å². The maximum Gasteiger partial charge on any atom is 0.242 e. The Labute approximate surface area is 173 Å². The van der Waals surface area contributed by atoms with Gasteiger partial charge in [-0.15, -0.1) is 0 Å². The number of anilines is 1. The van der Waals surface area contributed by atoms with Gasteiger partial charge in [0.1, 0.15) is 17.0 Å². The van der Waals surface area contributed by atoms with E-state index in [-0.39, 0.29) is 11.4 Å². The Morgan fingerprint density at radius 3 is 2.73 bits per heavy atom. The summed E-state index contributed by atoms with van der Waals surface area (Å²) in [6.07, 6.45) is 7.20. The molecule has 1 aromatic carbocycles. The summed E-state index contributed by atoms with van der Waals surface area (Å²) in [6.45, 7) is 2.51. The first-order valence-corrected chi connectivity index (χ1v) is 11.4. The maximum atomic E-state index is 12.9. The second-order valence-electron chi connectivity index (χ2n) is 7.23. The van der Waals surface area contributed by atoms with E-state index in [4.69, 9.17) is 0 Å². The smallest absolute Gasteiger partial charge is 0.242 e. The van der Waals surface area contributed by atoms with Crippen LogP contribution >= 0.6 is 0 Å². The van der Waals surface area contributed by atoms with Gasteiger partial charge in [-0.1, -0.05) is 18.2 Å². The number of aromatic nitrogens is 5. The zero-order valence-corrected chi connectivity index (χ0v) is 17.1. The minimum absolute atomic E-state index is 0.171. The number of nitrogens with zero attached hydrogens (tertiary/aromatic N) is 6. The minimum atomic E-state index is -3.71. The van der Waals surface area contributed by atoms with E-state index < -0.39 is 10.0 Å². The number of nitrogens with one attached hydrogen (secondary N) is 1. The number of hydrogen-bond acceptors (Lipinski definition) is 7. The second-order valence-corrected chi connectivity index (χ2v) is 8.96. The molecule has 0 radical (unpaired) electrons. The second kappa shape index (κ2) is 7.62. The molecular weight excluding hydrogens is 402 g/mol. The Hall–Kier alpha value is -3.11. The zero-order valence-electron chi connectivity index (χ0n) is 16.3. The molecule has 10 heteroatoms. The standard InChI is InChI=1S/C20H21N7O2S/c28-30(29,17-7-3-5-15-6-4-8-21-18(15)17)25-9-12-27-20-16(13-24-27)19(22-14-23-20)26-10-1-2-11-26/h3-8,13-14,25H,1-2,9-12H2. The number of benzene rings is 1. The number of pyridine rings is 1. The van der Waals surface area contributed by atoms with Crippen molar-refractivity contribution in [2.24, 2.45) is 0 Å². The van der Waals surface area contributed by atoms with Gasteiger partial charge in [0.15, 0.2) is 5.65 Å². The van der Waals surface area contributed by atoms with Gasteiger partial charge < -0.3 is 4.90 Å². The highest BCUT2D eigenvalue weighted by atomic mass is 32.2. The Bertz CT molecular complexity index is 1310. The lowest BCUT2D eigenvalue weighted by molar-refractivity contribution is 0.565. The zero-order chi connectivity index (χ0) is 20.6. The molecule has 1 saturated heterocycles. The van der Waals surface area contributed by atoms with Crippen LogP contribution in [0.3, 0.4) is 0 Å². The Kier molecular flexibility index (Phi) is 4.80. The largest absolute Gasteiger partial charge is 0.356 e. The lowest BCUT2D eigenvalue weighted by Crippen LogP contribution is -2.28. The topological polar surface area (TPSA) is 106 Å². The highest BCUT2D eigenvalue weighted by Gasteiger charge is 2.20. The quantitative estimate of drug-likeness (QED) is 0.505. The molecule has 1 aliphatic rings. The lowest BCUT2D eigenvalue weighted by atomic mass is 10.2. The van der Waals surface area contributed by atoms with Gasteiger partial charge >= 0.3 is 0 Å². The third-order valence-corrected chi connectivity index (χ3v) is 6.81. The average molecular weight is 424 g/mol. The van der Waals surface area contributed by atoms with Gasteiger partial charge in [-0.3, -0.25) is 4.98 Å². The van der Waals surface area contributed by atoms with Crippen molar-refractivity contribution in [2.75, 3.05) is 24.5 Å². The summed E-state index contributed by atoms with van der Waals surface area (Å²) in [5, 5.41) is 6.08. The highest BCUT2D eigenvalue weighted by Crippen LogP contribution is 2.25. The van der Waals surface area contributed by atoms with E-state index in [1.54, 1.807) is 41.6 Å². The molecule has 1 fully saturated rings. The molecule has 0 bridgehead atoms.